The quantitative estimate of drug-likeness (QED) is 0.796. The number of methoxy groups -OCH3 is 1. The number of nitrogens with zero attached hydrogens (tertiary/aromatic N) is 2. The molecule has 0 aliphatic carbocycles. The number of ether oxygens (including phenoxy) is 1. The Morgan fingerprint density at radius 1 is 1.53 bits per heavy atom. The van der Waals surface area contributed by atoms with E-state index in [1.165, 1.54) is 20.0 Å². The van der Waals surface area contributed by atoms with E-state index >= 15 is 0 Å². The van der Waals surface area contributed by atoms with Crippen molar-refractivity contribution < 1.29 is 9.53 Å². The molecule has 0 saturated carbocycles. The summed E-state index contributed by atoms with van der Waals surface area (Å²) in [4.78, 5) is 18.2. The lowest BCUT2D eigenvalue weighted by Gasteiger charge is -2.36. The largest absolute Gasteiger partial charge is 0.469 e. The third-order valence-electron chi connectivity index (χ3n) is 3.72. The number of anilines is 1. The van der Waals surface area contributed by atoms with Crippen molar-refractivity contribution >= 4 is 22.4 Å². The van der Waals surface area contributed by atoms with E-state index in [-0.39, 0.29) is 5.97 Å². The number of piperidine rings is 1. The van der Waals surface area contributed by atoms with Crippen LogP contribution in [0.5, 0.6) is 0 Å². The molecular weight excluding hydrogens is 260 g/mol. The minimum Gasteiger partial charge on any atom is -0.469 e. The van der Waals surface area contributed by atoms with Crippen LogP contribution in [0, 0.1) is 5.92 Å². The summed E-state index contributed by atoms with van der Waals surface area (Å²) in [6.45, 7) is 5.65. The molecule has 0 spiro atoms. The van der Waals surface area contributed by atoms with Gasteiger partial charge in [0.15, 0.2) is 5.13 Å². The minimum atomic E-state index is -0.172. The van der Waals surface area contributed by atoms with Crippen LogP contribution in [0.4, 0.5) is 5.13 Å². The molecule has 1 fully saturated rings. The molecule has 2 heterocycles. The highest BCUT2D eigenvalue weighted by Gasteiger charge is 2.25. The number of hydrogen-bond donors (Lipinski definition) is 0. The van der Waals surface area contributed by atoms with Crippen LogP contribution in [-0.4, -0.2) is 30.6 Å². The number of aryl methyl sites for hydroxylation is 1. The second-order valence-corrected chi connectivity index (χ2v) is 6.22. The smallest absolute Gasteiger partial charge is 0.305 e. The second-order valence-electron chi connectivity index (χ2n) is 5.38. The van der Waals surface area contributed by atoms with Crippen molar-refractivity contribution in [3.8, 4) is 0 Å². The average molecular weight is 282 g/mol. The van der Waals surface area contributed by atoms with E-state index in [4.69, 9.17) is 0 Å². The van der Waals surface area contributed by atoms with Crippen LogP contribution in [0.1, 0.15) is 38.8 Å². The van der Waals surface area contributed by atoms with Gasteiger partial charge in [-0.25, -0.2) is 4.98 Å². The van der Waals surface area contributed by atoms with E-state index in [0.29, 0.717) is 18.9 Å². The summed E-state index contributed by atoms with van der Waals surface area (Å²) in [5.41, 5.74) is 0.996. The van der Waals surface area contributed by atoms with E-state index < -0.39 is 0 Å². The monoisotopic (exact) mass is 282 g/mol. The third-order valence-corrected chi connectivity index (χ3v) is 4.64. The first kappa shape index (κ1) is 14.3. The number of carbonyl (C=O) groups is 1. The molecule has 1 aromatic rings. The SMILES string of the molecule is COC(=O)CCc1csc(N2CC(C)CCC2C)n1. The van der Waals surface area contributed by atoms with Crippen LogP contribution >= 0.6 is 11.3 Å². The fourth-order valence-electron chi connectivity index (χ4n) is 2.43. The maximum atomic E-state index is 11.1. The van der Waals surface area contributed by atoms with Crippen LogP contribution in [-0.2, 0) is 16.0 Å². The number of thiazole rings is 1. The van der Waals surface area contributed by atoms with E-state index in [1.54, 1.807) is 11.3 Å². The molecule has 2 rings (SSSR count). The molecule has 2 unspecified atom stereocenters. The topological polar surface area (TPSA) is 42.4 Å². The average Bonchev–Trinajstić information content (AvgIpc) is 2.87. The number of carbonyl (C=O) groups excluding carboxylic acids is 1. The van der Waals surface area contributed by atoms with Gasteiger partial charge in [0.1, 0.15) is 0 Å². The maximum absolute atomic E-state index is 11.1. The van der Waals surface area contributed by atoms with Gasteiger partial charge in [-0.1, -0.05) is 6.92 Å². The van der Waals surface area contributed by atoms with Gasteiger partial charge in [0, 0.05) is 24.4 Å². The van der Waals surface area contributed by atoms with Crippen LogP contribution in [0.15, 0.2) is 5.38 Å². The molecule has 4 nitrogen and oxygen atoms in total. The highest BCUT2D eigenvalue weighted by Crippen LogP contribution is 2.30. The molecule has 0 amide bonds. The van der Waals surface area contributed by atoms with Gasteiger partial charge in [-0.2, -0.15) is 0 Å². The molecule has 0 aromatic carbocycles. The molecule has 1 aliphatic rings. The Labute approximate surface area is 118 Å². The lowest BCUT2D eigenvalue weighted by atomic mass is 9.96. The Morgan fingerprint density at radius 3 is 3.05 bits per heavy atom. The highest BCUT2D eigenvalue weighted by molar-refractivity contribution is 7.13. The van der Waals surface area contributed by atoms with Gasteiger partial charge in [0.2, 0.25) is 0 Å². The highest BCUT2D eigenvalue weighted by atomic mass is 32.1. The molecule has 0 bridgehead atoms. The molecular formula is C14H22N2O2S. The lowest BCUT2D eigenvalue weighted by Crippen LogP contribution is -2.41. The Balaban J connectivity index is 1.97. The fraction of sp³-hybridized carbons (Fsp3) is 0.714. The zero-order chi connectivity index (χ0) is 13.8. The summed E-state index contributed by atoms with van der Waals surface area (Å²) in [5.74, 6) is 0.563. The van der Waals surface area contributed by atoms with Gasteiger partial charge in [-0.15, -0.1) is 11.3 Å². The van der Waals surface area contributed by atoms with Crippen molar-refractivity contribution in [3.05, 3.63) is 11.1 Å². The first-order valence-electron chi connectivity index (χ1n) is 6.88. The normalized spacial score (nSPS) is 23.4. The van der Waals surface area contributed by atoms with Crippen LogP contribution in [0.2, 0.25) is 0 Å². The molecule has 2 atom stereocenters. The van der Waals surface area contributed by atoms with Crippen molar-refractivity contribution in [3.63, 3.8) is 0 Å². The predicted octanol–water partition coefficient (Wildman–Crippen LogP) is 2.87. The predicted molar refractivity (Wildman–Crippen MR) is 77.7 cm³/mol. The van der Waals surface area contributed by atoms with Crippen molar-refractivity contribution in [2.75, 3.05) is 18.6 Å². The number of esters is 1. The molecule has 106 valence electrons. The lowest BCUT2D eigenvalue weighted by molar-refractivity contribution is -0.140. The van der Waals surface area contributed by atoms with Crippen LogP contribution in [0.3, 0.4) is 0 Å². The van der Waals surface area contributed by atoms with Crippen LogP contribution in [0.25, 0.3) is 0 Å². The Morgan fingerprint density at radius 2 is 2.32 bits per heavy atom. The standard InChI is InChI=1S/C14H22N2O2S/c1-10-4-5-11(2)16(8-10)14-15-12(9-19-14)6-7-13(17)18-3/h9-11H,4-8H2,1-3H3. The molecule has 1 saturated heterocycles. The molecule has 5 heteroatoms. The molecule has 1 aliphatic heterocycles. The second kappa shape index (κ2) is 6.37. The molecule has 1 aromatic heterocycles. The van der Waals surface area contributed by atoms with Gasteiger partial charge in [-0.3, -0.25) is 4.79 Å². The van der Waals surface area contributed by atoms with Gasteiger partial charge in [0.25, 0.3) is 0 Å². The zero-order valence-electron chi connectivity index (χ0n) is 11.9. The summed E-state index contributed by atoms with van der Waals surface area (Å²) in [5, 5.41) is 3.16. The number of hydrogen-bond acceptors (Lipinski definition) is 5. The first-order chi connectivity index (χ1) is 9.10. The van der Waals surface area contributed by atoms with Crippen molar-refractivity contribution in [2.24, 2.45) is 5.92 Å². The molecule has 19 heavy (non-hydrogen) atoms. The van der Waals surface area contributed by atoms with Crippen LogP contribution < -0.4 is 4.90 Å². The van der Waals surface area contributed by atoms with E-state index in [0.717, 1.165) is 23.3 Å². The molecule has 0 radical (unpaired) electrons. The number of aromatic nitrogens is 1. The fourth-order valence-corrected chi connectivity index (χ4v) is 3.40. The molecule has 0 N–H and O–H groups in total. The minimum absolute atomic E-state index is 0.172. The Hall–Kier alpha value is -1.10. The zero-order valence-corrected chi connectivity index (χ0v) is 12.7. The van der Waals surface area contributed by atoms with E-state index in [2.05, 4.69) is 33.8 Å². The van der Waals surface area contributed by atoms with E-state index in [1.807, 2.05) is 0 Å². The van der Waals surface area contributed by atoms with Gasteiger partial charge >= 0.3 is 5.97 Å². The van der Waals surface area contributed by atoms with Gasteiger partial charge < -0.3 is 9.64 Å². The third kappa shape index (κ3) is 3.69. The summed E-state index contributed by atoms with van der Waals surface area (Å²) in [7, 11) is 1.42. The van der Waals surface area contributed by atoms with Crippen molar-refractivity contribution in [2.45, 2.75) is 45.6 Å². The maximum Gasteiger partial charge on any atom is 0.305 e. The Kier molecular flexibility index (Phi) is 4.80. The van der Waals surface area contributed by atoms with Gasteiger partial charge in [0.05, 0.1) is 19.2 Å². The summed E-state index contributed by atoms with van der Waals surface area (Å²) < 4.78 is 4.65. The first-order valence-corrected chi connectivity index (χ1v) is 7.76. The summed E-state index contributed by atoms with van der Waals surface area (Å²) >= 11 is 1.68. The number of rotatable bonds is 4. The van der Waals surface area contributed by atoms with Crippen molar-refractivity contribution in [1.29, 1.82) is 0 Å². The van der Waals surface area contributed by atoms with E-state index in [9.17, 15) is 4.79 Å². The Bertz CT molecular complexity index is 433. The van der Waals surface area contributed by atoms with Gasteiger partial charge in [-0.05, 0) is 25.7 Å². The van der Waals surface area contributed by atoms with Crippen molar-refractivity contribution in [1.82, 2.24) is 4.98 Å². The summed E-state index contributed by atoms with van der Waals surface area (Å²) in [6.07, 6.45) is 3.61. The summed E-state index contributed by atoms with van der Waals surface area (Å²) in [6, 6.07) is 0.566.